The first-order valence-corrected chi connectivity index (χ1v) is 9.20. The number of nitrogens with zero attached hydrogens (tertiary/aromatic N) is 4. The number of carbonyl (C=O) groups is 1. The van der Waals surface area contributed by atoms with Crippen molar-refractivity contribution in [1.29, 1.82) is 0 Å². The molecule has 0 unspecified atom stereocenters. The average molecular weight is 382 g/mol. The van der Waals surface area contributed by atoms with Gasteiger partial charge in [-0.25, -0.2) is 13.8 Å². The molecule has 144 valence electrons. The highest BCUT2D eigenvalue weighted by molar-refractivity contribution is 5.92. The maximum atomic E-state index is 13.6. The number of amides is 1. The second-order valence-electron chi connectivity index (χ2n) is 7.12. The maximum absolute atomic E-state index is 13.6. The summed E-state index contributed by atoms with van der Waals surface area (Å²) < 4.78 is 28.5. The van der Waals surface area contributed by atoms with E-state index in [9.17, 15) is 13.6 Å². The van der Waals surface area contributed by atoms with Crippen LogP contribution in [-0.2, 0) is 13.6 Å². The Hall–Kier alpha value is -3.09. The van der Waals surface area contributed by atoms with E-state index in [0.717, 1.165) is 37.0 Å². The zero-order valence-electron chi connectivity index (χ0n) is 15.5. The largest absolute Gasteiger partial charge is 0.340 e. The smallest absolute Gasteiger partial charge is 0.274 e. The molecular formula is C21H20F2N4O. The Morgan fingerprint density at radius 2 is 2.00 bits per heavy atom. The van der Waals surface area contributed by atoms with Gasteiger partial charge in [-0.2, -0.15) is 0 Å². The zero-order valence-corrected chi connectivity index (χ0v) is 15.5. The van der Waals surface area contributed by atoms with Crippen molar-refractivity contribution in [2.24, 2.45) is 7.05 Å². The van der Waals surface area contributed by atoms with Crippen LogP contribution in [0.15, 0.2) is 49.1 Å². The van der Waals surface area contributed by atoms with Crippen molar-refractivity contribution in [1.82, 2.24) is 19.4 Å². The van der Waals surface area contributed by atoms with E-state index in [4.69, 9.17) is 0 Å². The fourth-order valence-electron chi connectivity index (χ4n) is 3.32. The number of pyridine rings is 1. The molecule has 1 aliphatic carbocycles. The first-order valence-electron chi connectivity index (χ1n) is 9.20. The lowest BCUT2D eigenvalue weighted by Gasteiger charge is -2.37. The molecule has 0 bridgehead atoms. The minimum absolute atomic E-state index is 0.100. The minimum Gasteiger partial charge on any atom is -0.340 e. The number of benzene rings is 1. The van der Waals surface area contributed by atoms with Crippen molar-refractivity contribution in [2.45, 2.75) is 31.8 Å². The van der Waals surface area contributed by atoms with Crippen LogP contribution in [0.25, 0.3) is 11.3 Å². The Balaban J connectivity index is 1.60. The van der Waals surface area contributed by atoms with Crippen LogP contribution in [0.1, 0.15) is 35.3 Å². The molecule has 0 N–H and O–H groups in total. The first kappa shape index (κ1) is 18.3. The number of carbonyl (C=O) groups excluding carboxylic acids is 1. The predicted octanol–water partition coefficient (Wildman–Crippen LogP) is 3.96. The van der Waals surface area contributed by atoms with Crippen LogP contribution in [0.4, 0.5) is 8.78 Å². The highest BCUT2D eigenvalue weighted by Crippen LogP contribution is 2.28. The molecule has 2 heterocycles. The number of halogens is 2. The van der Waals surface area contributed by atoms with Crippen molar-refractivity contribution >= 4 is 5.91 Å². The third-order valence-electron chi connectivity index (χ3n) is 5.09. The molecule has 28 heavy (non-hydrogen) atoms. The summed E-state index contributed by atoms with van der Waals surface area (Å²) >= 11 is 0. The van der Waals surface area contributed by atoms with Gasteiger partial charge in [-0.15, -0.1) is 0 Å². The quantitative estimate of drug-likeness (QED) is 0.671. The van der Waals surface area contributed by atoms with Crippen LogP contribution >= 0.6 is 0 Å². The third kappa shape index (κ3) is 3.65. The van der Waals surface area contributed by atoms with Gasteiger partial charge in [-0.1, -0.05) is 0 Å². The van der Waals surface area contributed by atoms with E-state index < -0.39 is 11.6 Å². The van der Waals surface area contributed by atoms with Gasteiger partial charge in [0.15, 0.2) is 11.6 Å². The second-order valence-corrected chi connectivity index (χ2v) is 7.12. The Kier molecular flexibility index (Phi) is 4.90. The zero-order chi connectivity index (χ0) is 19.7. The van der Waals surface area contributed by atoms with E-state index in [0.29, 0.717) is 23.5 Å². The lowest BCUT2D eigenvalue weighted by molar-refractivity contribution is 0.0551. The van der Waals surface area contributed by atoms with Gasteiger partial charge < -0.3 is 9.47 Å². The van der Waals surface area contributed by atoms with Crippen molar-refractivity contribution in [3.63, 3.8) is 0 Å². The van der Waals surface area contributed by atoms with Crippen LogP contribution in [-0.4, -0.2) is 31.4 Å². The van der Waals surface area contributed by atoms with E-state index >= 15 is 0 Å². The molecule has 0 radical (unpaired) electrons. The van der Waals surface area contributed by atoms with Gasteiger partial charge in [0.25, 0.3) is 5.91 Å². The molecule has 5 nitrogen and oxygen atoms in total. The summed E-state index contributed by atoms with van der Waals surface area (Å²) in [7, 11) is 1.83. The summed E-state index contributed by atoms with van der Waals surface area (Å²) in [5.74, 6) is -1.90. The Morgan fingerprint density at radius 1 is 1.18 bits per heavy atom. The highest BCUT2D eigenvalue weighted by atomic mass is 19.2. The predicted molar refractivity (Wildman–Crippen MR) is 100 cm³/mol. The van der Waals surface area contributed by atoms with Gasteiger partial charge in [-0.3, -0.25) is 9.78 Å². The SMILES string of the molecule is Cn1cnc(C(=O)N(Cc2ccnc(-c3ccc(F)c(F)c3)c2)C2CCC2)c1. The normalized spacial score (nSPS) is 14.0. The van der Waals surface area contributed by atoms with Crippen LogP contribution < -0.4 is 0 Å². The van der Waals surface area contributed by atoms with Crippen LogP contribution in [0.3, 0.4) is 0 Å². The lowest BCUT2D eigenvalue weighted by atomic mass is 9.90. The lowest BCUT2D eigenvalue weighted by Crippen LogP contribution is -2.43. The van der Waals surface area contributed by atoms with Crippen molar-refractivity contribution < 1.29 is 13.6 Å². The van der Waals surface area contributed by atoms with E-state index in [-0.39, 0.29) is 11.9 Å². The number of hydrogen-bond donors (Lipinski definition) is 0. The highest BCUT2D eigenvalue weighted by Gasteiger charge is 2.30. The standard InChI is InChI=1S/C21H20F2N4O/c1-26-12-20(25-13-26)21(28)27(16-3-2-4-16)11-14-7-8-24-19(9-14)15-5-6-17(22)18(23)10-15/h5-10,12-13,16H,2-4,11H2,1H3. The molecular weight excluding hydrogens is 362 g/mol. The van der Waals surface area contributed by atoms with Gasteiger partial charge >= 0.3 is 0 Å². The number of imidazole rings is 1. The topological polar surface area (TPSA) is 51.0 Å². The van der Waals surface area contributed by atoms with Gasteiger partial charge in [0, 0.05) is 37.6 Å². The molecule has 0 aliphatic heterocycles. The Labute approximate surface area is 161 Å². The van der Waals surface area contributed by atoms with E-state index in [1.807, 2.05) is 24.1 Å². The Bertz CT molecular complexity index is 1010. The molecule has 3 aromatic rings. The van der Waals surface area contributed by atoms with Gasteiger partial charge in [0.05, 0.1) is 12.0 Å². The summed E-state index contributed by atoms with van der Waals surface area (Å²) in [5.41, 5.74) is 2.33. The van der Waals surface area contributed by atoms with Crippen molar-refractivity contribution in [2.75, 3.05) is 0 Å². The minimum atomic E-state index is -0.911. The molecule has 0 atom stereocenters. The summed E-state index contributed by atoms with van der Waals surface area (Å²) in [5, 5.41) is 0. The number of hydrogen-bond acceptors (Lipinski definition) is 3. The van der Waals surface area contributed by atoms with Crippen LogP contribution in [0.5, 0.6) is 0 Å². The van der Waals surface area contributed by atoms with E-state index in [1.54, 1.807) is 23.3 Å². The van der Waals surface area contributed by atoms with Crippen LogP contribution in [0, 0.1) is 11.6 Å². The molecule has 1 amide bonds. The number of aryl methyl sites for hydroxylation is 1. The molecule has 1 aromatic carbocycles. The van der Waals surface area contributed by atoms with E-state index in [1.165, 1.54) is 6.07 Å². The molecule has 4 rings (SSSR count). The second kappa shape index (κ2) is 7.50. The van der Waals surface area contributed by atoms with Gasteiger partial charge in [0.1, 0.15) is 5.69 Å². The van der Waals surface area contributed by atoms with Gasteiger partial charge in [-0.05, 0) is 55.2 Å². The third-order valence-corrected chi connectivity index (χ3v) is 5.09. The molecule has 0 spiro atoms. The maximum Gasteiger partial charge on any atom is 0.274 e. The molecule has 1 saturated carbocycles. The number of aromatic nitrogens is 3. The van der Waals surface area contributed by atoms with Crippen molar-refractivity contribution in [3.05, 3.63) is 71.9 Å². The molecule has 7 heteroatoms. The fourth-order valence-corrected chi connectivity index (χ4v) is 3.32. The molecule has 0 saturated heterocycles. The average Bonchev–Trinajstić information content (AvgIpc) is 3.08. The number of rotatable bonds is 5. The Morgan fingerprint density at radius 3 is 2.64 bits per heavy atom. The molecule has 2 aromatic heterocycles. The van der Waals surface area contributed by atoms with Gasteiger partial charge in [0.2, 0.25) is 0 Å². The first-order chi connectivity index (χ1) is 13.5. The monoisotopic (exact) mass is 382 g/mol. The summed E-state index contributed by atoms with van der Waals surface area (Å²) in [6.07, 6.45) is 8.00. The van der Waals surface area contributed by atoms with Crippen LogP contribution in [0.2, 0.25) is 0 Å². The fraction of sp³-hybridized carbons (Fsp3) is 0.286. The summed E-state index contributed by atoms with van der Waals surface area (Å²) in [4.78, 5) is 23.3. The summed E-state index contributed by atoms with van der Waals surface area (Å²) in [6, 6.07) is 7.54. The molecule has 1 aliphatic rings. The summed E-state index contributed by atoms with van der Waals surface area (Å²) in [6.45, 7) is 0.416. The molecule has 1 fully saturated rings. The van der Waals surface area contributed by atoms with E-state index in [2.05, 4.69) is 9.97 Å². The van der Waals surface area contributed by atoms with Crippen molar-refractivity contribution in [3.8, 4) is 11.3 Å².